The lowest BCUT2D eigenvalue weighted by Crippen LogP contribution is -2.33. The molecule has 0 bridgehead atoms. The molecule has 0 spiro atoms. The number of nitrogens with zero attached hydrogens (tertiary/aromatic N) is 1. The molecule has 0 unspecified atom stereocenters. The van der Waals surface area contributed by atoms with E-state index in [1.54, 1.807) is 55.5 Å². The van der Waals surface area contributed by atoms with Gasteiger partial charge in [0, 0.05) is 16.3 Å². The number of rotatable bonds is 4. The first-order chi connectivity index (χ1) is 11.9. The zero-order valence-corrected chi connectivity index (χ0v) is 14.0. The molecular weight excluding hydrogens is 344 g/mol. The van der Waals surface area contributed by atoms with E-state index >= 15 is 0 Å². The number of hydrazone groups is 1. The molecule has 2 rings (SSSR count). The molecule has 25 heavy (non-hydrogen) atoms. The van der Waals surface area contributed by atoms with Crippen molar-refractivity contribution >= 4 is 40.7 Å². The van der Waals surface area contributed by atoms with Gasteiger partial charge in [-0.2, -0.15) is 5.10 Å². The number of nitrogens with two attached hydrogens (primary N) is 1. The molecule has 0 aliphatic heterocycles. The number of halogens is 1. The number of anilines is 1. The molecule has 0 heterocycles. The first-order valence-electron chi connectivity index (χ1n) is 7.18. The number of amides is 3. The third-order valence-electron chi connectivity index (χ3n) is 3.19. The van der Waals surface area contributed by atoms with Gasteiger partial charge < -0.3 is 11.1 Å². The highest BCUT2D eigenvalue weighted by molar-refractivity contribution is 6.34. The minimum absolute atomic E-state index is 0.287. The lowest BCUT2D eigenvalue weighted by atomic mass is 10.1. The number of carbonyl (C=O) groups excluding carboxylic acids is 3. The van der Waals surface area contributed by atoms with Crippen LogP contribution in [-0.2, 0) is 9.59 Å². The molecular formula is C17H15ClN4O3. The molecule has 0 saturated carbocycles. The Balaban J connectivity index is 2.11. The van der Waals surface area contributed by atoms with Gasteiger partial charge in [-0.15, -0.1) is 0 Å². The Hall–Kier alpha value is -3.19. The topological polar surface area (TPSA) is 114 Å². The summed E-state index contributed by atoms with van der Waals surface area (Å²) in [7, 11) is 0. The molecule has 3 amide bonds. The van der Waals surface area contributed by atoms with Crippen molar-refractivity contribution < 1.29 is 14.4 Å². The van der Waals surface area contributed by atoms with Crippen LogP contribution in [0.4, 0.5) is 5.69 Å². The van der Waals surface area contributed by atoms with Crippen LogP contribution in [0.2, 0.25) is 5.02 Å². The third kappa shape index (κ3) is 5.15. The summed E-state index contributed by atoms with van der Waals surface area (Å²) in [4.78, 5) is 34.0. The zero-order chi connectivity index (χ0) is 18.4. The molecule has 0 aliphatic carbocycles. The fourth-order valence-corrected chi connectivity index (χ4v) is 2.01. The Morgan fingerprint density at radius 1 is 1.04 bits per heavy atom. The summed E-state index contributed by atoms with van der Waals surface area (Å²) in [5.74, 6) is -2.42. The van der Waals surface area contributed by atoms with Gasteiger partial charge in [0.05, 0.1) is 5.71 Å². The van der Waals surface area contributed by atoms with Gasteiger partial charge in [-0.1, -0.05) is 23.7 Å². The summed E-state index contributed by atoms with van der Waals surface area (Å²) < 4.78 is 0. The fourth-order valence-electron chi connectivity index (χ4n) is 1.88. The molecule has 0 radical (unpaired) electrons. The SMILES string of the molecule is C/C(=N\NC(=O)C(N)=O)c1cccc(NC(=O)c2ccc(Cl)cc2)c1. The van der Waals surface area contributed by atoms with Gasteiger partial charge in [0.2, 0.25) is 0 Å². The minimum atomic E-state index is -1.12. The van der Waals surface area contributed by atoms with Crippen molar-refractivity contribution in [1.29, 1.82) is 0 Å². The van der Waals surface area contributed by atoms with Crippen LogP contribution in [0.15, 0.2) is 53.6 Å². The van der Waals surface area contributed by atoms with E-state index in [0.717, 1.165) is 0 Å². The van der Waals surface area contributed by atoms with Crippen LogP contribution in [0.5, 0.6) is 0 Å². The standard InChI is InChI=1S/C17H15ClN4O3/c1-10(21-22-17(25)15(19)23)12-3-2-4-14(9-12)20-16(24)11-5-7-13(18)8-6-11/h2-9H,1H3,(H2,19,23)(H,20,24)(H,22,25)/b21-10+. The monoisotopic (exact) mass is 358 g/mol. The number of primary amides is 1. The molecule has 8 heteroatoms. The molecule has 0 fully saturated rings. The van der Waals surface area contributed by atoms with Crippen LogP contribution in [0, 0.1) is 0 Å². The average Bonchev–Trinajstić information content (AvgIpc) is 2.60. The van der Waals surface area contributed by atoms with Crippen molar-refractivity contribution in [3.63, 3.8) is 0 Å². The summed E-state index contributed by atoms with van der Waals surface area (Å²) in [6, 6.07) is 13.4. The molecule has 0 aliphatic rings. The summed E-state index contributed by atoms with van der Waals surface area (Å²) in [5.41, 5.74) is 8.98. The van der Waals surface area contributed by atoms with Crippen molar-refractivity contribution in [2.24, 2.45) is 10.8 Å². The van der Waals surface area contributed by atoms with E-state index in [2.05, 4.69) is 10.4 Å². The number of carbonyl (C=O) groups is 3. The molecule has 7 nitrogen and oxygen atoms in total. The maximum Gasteiger partial charge on any atom is 0.329 e. The maximum absolute atomic E-state index is 12.2. The van der Waals surface area contributed by atoms with Gasteiger partial charge >= 0.3 is 11.8 Å². The number of nitrogens with one attached hydrogen (secondary N) is 2. The van der Waals surface area contributed by atoms with Gasteiger partial charge in [0.15, 0.2) is 0 Å². The van der Waals surface area contributed by atoms with Crippen LogP contribution in [0.1, 0.15) is 22.8 Å². The summed E-state index contributed by atoms with van der Waals surface area (Å²) in [6.45, 7) is 1.64. The highest BCUT2D eigenvalue weighted by Gasteiger charge is 2.09. The number of hydrogen-bond donors (Lipinski definition) is 3. The largest absolute Gasteiger partial charge is 0.361 e. The van der Waals surface area contributed by atoms with Crippen LogP contribution in [0.3, 0.4) is 0 Å². The minimum Gasteiger partial charge on any atom is -0.361 e. The van der Waals surface area contributed by atoms with Crippen LogP contribution in [-0.4, -0.2) is 23.4 Å². The van der Waals surface area contributed by atoms with E-state index in [1.807, 2.05) is 5.43 Å². The Kier molecular flexibility index (Phi) is 5.86. The van der Waals surface area contributed by atoms with E-state index in [1.165, 1.54) is 0 Å². The second kappa shape index (κ2) is 8.07. The zero-order valence-electron chi connectivity index (χ0n) is 13.2. The van der Waals surface area contributed by atoms with Crippen molar-refractivity contribution in [2.45, 2.75) is 6.92 Å². The number of benzene rings is 2. The van der Waals surface area contributed by atoms with Gasteiger partial charge in [0.25, 0.3) is 5.91 Å². The van der Waals surface area contributed by atoms with Crippen LogP contribution in [0.25, 0.3) is 0 Å². The quantitative estimate of drug-likeness (QED) is 0.440. The molecule has 0 atom stereocenters. The lowest BCUT2D eigenvalue weighted by molar-refractivity contribution is -0.137. The van der Waals surface area contributed by atoms with Crippen molar-refractivity contribution in [3.05, 3.63) is 64.7 Å². The van der Waals surface area contributed by atoms with Crippen molar-refractivity contribution in [1.82, 2.24) is 5.43 Å². The van der Waals surface area contributed by atoms with E-state index in [4.69, 9.17) is 17.3 Å². The molecule has 0 aromatic heterocycles. The molecule has 2 aromatic carbocycles. The average molecular weight is 359 g/mol. The summed E-state index contributed by atoms with van der Waals surface area (Å²) in [6.07, 6.45) is 0. The second-order valence-electron chi connectivity index (χ2n) is 5.04. The summed E-state index contributed by atoms with van der Waals surface area (Å²) >= 11 is 5.80. The summed E-state index contributed by atoms with van der Waals surface area (Å²) in [5, 5.41) is 7.09. The molecule has 4 N–H and O–H groups in total. The predicted octanol–water partition coefficient (Wildman–Crippen LogP) is 1.92. The second-order valence-corrected chi connectivity index (χ2v) is 5.48. The normalized spacial score (nSPS) is 10.9. The van der Waals surface area contributed by atoms with Gasteiger partial charge in [-0.25, -0.2) is 5.43 Å². The van der Waals surface area contributed by atoms with E-state index in [0.29, 0.717) is 27.5 Å². The number of hydrogen-bond acceptors (Lipinski definition) is 4. The van der Waals surface area contributed by atoms with E-state index < -0.39 is 11.8 Å². The fraction of sp³-hybridized carbons (Fsp3) is 0.0588. The maximum atomic E-state index is 12.2. The highest BCUT2D eigenvalue weighted by Crippen LogP contribution is 2.15. The predicted molar refractivity (Wildman–Crippen MR) is 95.4 cm³/mol. The molecule has 0 saturated heterocycles. The van der Waals surface area contributed by atoms with E-state index in [9.17, 15) is 14.4 Å². The first kappa shape index (κ1) is 18.2. The lowest BCUT2D eigenvalue weighted by Gasteiger charge is -2.08. The smallest absolute Gasteiger partial charge is 0.329 e. The van der Waals surface area contributed by atoms with Crippen LogP contribution < -0.4 is 16.5 Å². The van der Waals surface area contributed by atoms with Crippen LogP contribution >= 0.6 is 11.6 Å². The molecule has 128 valence electrons. The highest BCUT2D eigenvalue weighted by atomic mass is 35.5. The first-order valence-corrected chi connectivity index (χ1v) is 7.56. The van der Waals surface area contributed by atoms with E-state index in [-0.39, 0.29) is 5.91 Å². The Labute approximate surface area is 148 Å². The van der Waals surface area contributed by atoms with Crippen molar-refractivity contribution in [2.75, 3.05) is 5.32 Å². The van der Waals surface area contributed by atoms with Gasteiger partial charge in [0.1, 0.15) is 0 Å². The third-order valence-corrected chi connectivity index (χ3v) is 3.45. The molecule has 2 aromatic rings. The van der Waals surface area contributed by atoms with Gasteiger partial charge in [-0.3, -0.25) is 14.4 Å². The van der Waals surface area contributed by atoms with Crippen molar-refractivity contribution in [3.8, 4) is 0 Å². The Morgan fingerprint density at radius 2 is 1.72 bits per heavy atom. The Bertz CT molecular complexity index is 847. The Morgan fingerprint density at radius 3 is 2.36 bits per heavy atom. The van der Waals surface area contributed by atoms with Gasteiger partial charge in [-0.05, 0) is 48.9 Å².